The van der Waals surface area contributed by atoms with Crippen LogP contribution in [0.2, 0.25) is 0 Å². The number of esters is 1. The number of non-ortho nitro benzene ring substituents is 1. The second-order valence-corrected chi connectivity index (χ2v) is 5.99. The van der Waals surface area contributed by atoms with E-state index in [2.05, 4.69) is 0 Å². The van der Waals surface area contributed by atoms with Gasteiger partial charge in [-0.05, 0) is 37.3 Å². The van der Waals surface area contributed by atoms with Gasteiger partial charge in [-0.25, -0.2) is 4.79 Å². The lowest BCUT2D eigenvalue weighted by Crippen LogP contribution is -2.24. The van der Waals surface area contributed by atoms with Gasteiger partial charge >= 0.3 is 5.97 Å². The van der Waals surface area contributed by atoms with E-state index in [0.717, 1.165) is 19.3 Å². The van der Waals surface area contributed by atoms with Crippen molar-refractivity contribution in [3.63, 3.8) is 0 Å². The van der Waals surface area contributed by atoms with Crippen molar-refractivity contribution in [1.29, 1.82) is 0 Å². The van der Waals surface area contributed by atoms with Crippen LogP contribution < -0.4 is 0 Å². The first-order valence-electron chi connectivity index (χ1n) is 6.66. The molecule has 2 aliphatic rings. The Balaban J connectivity index is 1.69. The summed E-state index contributed by atoms with van der Waals surface area (Å²) in [7, 11) is 0. The Bertz CT molecular complexity index is 545. The van der Waals surface area contributed by atoms with Gasteiger partial charge in [0.1, 0.15) is 6.10 Å². The SMILES string of the molecule is O=C(OC1C2CCC1C(Cl)C2)c1ccc([N+](=O)[O-])cc1. The number of ether oxygens (including phenoxy) is 1. The summed E-state index contributed by atoms with van der Waals surface area (Å²) in [6.07, 6.45) is 2.88. The highest BCUT2D eigenvalue weighted by Crippen LogP contribution is 2.49. The number of hydrogen-bond acceptors (Lipinski definition) is 4. The zero-order valence-corrected chi connectivity index (χ0v) is 11.5. The highest BCUT2D eigenvalue weighted by Gasteiger charge is 2.49. The smallest absolute Gasteiger partial charge is 0.338 e. The number of benzene rings is 1. The number of carbonyl (C=O) groups excluding carboxylic acids is 1. The monoisotopic (exact) mass is 295 g/mol. The van der Waals surface area contributed by atoms with E-state index < -0.39 is 10.9 Å². The van der Waals surface area contributed by atoms with Crippen molar-refractivity contribution < 1.29 is 14.5 Å². The van der Waals surface area contributed by atoms with Gasteiger partial charge in [-0.2, -0.15) is 0 Å². The summed E-state index contributed by atoms with van der Waals surface area (Å²) in [5.41, 5.74) is 0.302. The van der Waals surface area contributed by atoms with Crippen LogP contribution in [0.1, 0.15) is 29.6 Å². The Kier molecular flexibility index (Phi) is 3.38. The zero-order valence-electron chi connectivity index (χ0n) is 10.7. The lowest BCUT2D eigenvalue weighted by molar-refractivity contribution is -0.384. The van der Waals surface area contributed by atoms with Crippen LogP contribution >= 0.6 is 11.6 Å². The number of nitrogens with zero attached hydrogens (tertiary/aromatic N) is 1. The number of nitro benzene ring substituents is 1. The van der Waals surface area contributed by atoms with Gasteiger partial charge < -0.3 is 4.74 Å². The number of halogens is 1. The van der Waals surface area contributed by atoms with Gasteiger partial charge in [-0.1, -0.05) is 0 Å². The van der Waals surface area contributed by atoms with E-state index in [9.17, 15) is 14.9 Å². The maximum atomic E-state index is 12.1. The molecular weight excluding hydrogens is 282 g/mol. The van der Waals surface area contributed by atoms with Crippen LogP contribution in [0.15, 0.2) is 24.3 Å². The summed E-state index contributed by atoms with van der Waals surface area (Å²) < 4.78 is 5.56. The van der Waals surface area contributed by atoms with Crippen molar-refractivity contribution in [3.05, 3.63) is 39.9 Å². The summed E-state index contributed by atoms with van der Waals surface area (Å²) in [6, 6.07) is 5.47. The van der Waals surface area contributed by atoms with Gasteiger partial charge in [0.25, 0.3) is 5.69 Å². The first-order chi connectivity index (χ1) is 9.56. The Morgan fingerprint density at radius 1 is 1.30 bits per heavy atom. The molecule has 0 aromatic heterocycles. The number of carbonyl (C=O) groups is 1. The van der Waals surface area contributed by atoms with Crippen molar-refractivity contribution in [1.82, 2.24) is 0 Å². The molecule has 0 radical (unpaired) electrons. The molecule has 0 aliphatic heterocycles. The molecule has 2 fully saturated rings. The number of rotatable bonds is 3. The lowest BCUT2D eigenvalue weighted by Gasteiger charge is -2.17. The molecule has 20 heavy (non-hydrogen) atoms. The minimum atomic E-state index is -0.496. The van der Waals surface area contributed by atoms with Crippen LogP contribution in [0.5, 0.6) is 0 Å². The summed E-state index contributed by atoms with van der Waals surface area (Å²) >= 11 is 6.22. The van der Waals surface area contributed by atoms with Crippen molar-refractivity contribution in [3.8, 4) is 0 Å². The fourth-order valence-electron chi connectivity index (χ4n) is 3.28. The molecule has 106 valence electrons. The molecule has 3 rings (SSSR count). The first-order valence-corrected chi connectivity index (χ1v) is 7.09. The van der Waals surface area contributed by atoms with Crippen molar-refractivity contribution in [2.24, 2.45) is 11.8 Å². The molecule has 1 aromatic carbocycles. The zero-order chi connectivity index (χ0) is 14.3. The molecular formula is C14H14ClNO4. The predicted octanol–water partition coefficient (Wildman–Crippen LogP) is 3.16. The van der Waals surface area contributed by atoms with Gasteiger partial charge in [0.2, 0.25) is 0 Å². The molecule has 2 aliphatic carbocycles. The fourth-order valence-corrected chi connectivity index (χ4v) is 3.78. The van der Waals surface area contributed by atoms with Crippen molar-refractivity contribution in [2.45, 2.75) is 30.7 Å². The van der Waals surface area contributed by atoms with E-state index in [-0.39, 0.29) is 23.1 Å². The van der Waals surface area contributed by atoms with Gasteiger partial charge in [0.15, 0.2) is 0 Å². The quantitative estimate of drug-likeness (QED) is 0.372. The topological polar surface area (TPSA) is 69.4 Å². The number of alkyl halides is 1. The second-order valence-electron chi connectivity index (χ2n) is 5.43. The molecule has 2 saturated carbocycles. The van der Waals surface area contributed by atoms with E-state index in [0.29, 0.717) is 11.5 Å². The minimum Gasteiger partial charge on any atom is -0.458 e. The molecule has 2 bridgehead atoms. The highest BCUT2D eigenvalue weighted by atomic mass is 35.5. The van der Waals surface area contributed by atoms with Gasteiger partial charge in [0.05, 0.1) is 10.5 Å². The maximum Gasteiger partial charge on any atom is 0.338 e. The molecule has 6 heteroatoms. The largest absolute Gasteiger partial charge is 0.458 e. The molecule has 0 spiro atoms. The average molecular weight is 296 g/mol. The fraction of sp³-hybridized carbons (Fsp3) is 0.500. The standard InChI is InChI=1S/C14H14ClNO4/c15-12-7-9-3-6-11(12)13(9)20-14(17)8-1-4-10(5-2-8)16(18)19/h1-2,4-5,9,11-13H,3,6-7H2. The van der Waals surface area contributed by atoms with E-state index in [1.54, 1.807) is 0 Å². The summed E-state index contributed by atoms with van der Waals surface area (Å²) in [5.74, 6) is 0.195. The summed E-state index contributed by atoms with van der Waals surface area (Å²) in [4.78, 5) is 22.1. The normalized spacial score (nSPS) is 31.2. The number of fused-ring (bicyclic) bond motifs is 2. The van der Waals surface area contributed by atoms with Crippen LogP contribution in [0.4, 0.5) is 5.69 Å². The molecule has 4 unspecified atom stereocenters. The van der Waals surface area contributed by atoms with Crippen LogP contribution in [-0.4, -0.2) is 22.4 Å². The third-order valence-electron chi connectivity index (χ3n) is 4.31. The van der Waals surface area contributed by atoms with Gasteiger partial charge in [-0.15, -0.1) is 11.6 Å². The Morgan fingerprint density at radius 3 is 2.50 bits per heavy atom. The Hall–Kier alpha value is -1.62. The molecule has 4 atom stereocenters. The van der Waals surface area contributed by atoms with Gasteiger partial charge in [0, 0.05) is 23.4 Å². The highest BCUT2D eigenvalue weighted by molar-refractivity contribution is 6.21. The van der Waals surface area contributed by atoms with E-state index in [1.807, 2.05) is 0 Å². The number of hydrogen-bond donors (Lipinski definition) is 0. The van der Waals surface area contributed by atoms with Crippen LogP contribution in [0, 0.1) is 22.0 Å². The molecule has 5 nitrogen and oxygen atoms in total. The number of nitro groups is 1. The first kappa shape index (κ1) is 13.4. The molecule has 0 saturated heterocycles. The van der Waals surface area contributed by atoms with Crippen molar-refractivity contribution in [2.75, 3.05) is 0 Å². The average Bonchev–Trinajstić information content (AvgIpc) is 2.94. The summed E-state index contributed by atoms with van der Waals surface area (Å²) in [6.45, 7) is 0. The second kappa shape index (κ2) is 5.05. The van der Waals surface area contributed by atoms with Crippen LogP contribution in [0.3, 0.4) is 0 Å². The molecule has 0 amide bonds. The van der Waals surface area contributed by atoms with Crippen LogP contribution in [0.25, 0.3) is 0 Å². The third-order valence-corrected chi connectivity index (χ3v) is 4.81. The maximum absolute atomic E-state index is 12.1. The lowest BCUT2D eigenvalue weighted by atomic mass is 10.0. The van der Waals surface area contributed by atoms with Crippen LogP contribution in [-0.2, 0) is 4.74 Å². The molecule has 0 heterocycles. The van der Waals surface area contributed by atoms with Gasteiger partial charge in [-0.3, -0.25) is 10.1 Å². The van der Waals surface area contributed by atoms with E-state index in [1.165, 1.54) is 24.3 Å². The van der Waals surface area contributed by atoms with E-state index in [4.69, 9.17) is 16.3 Å². The minimum absolute atomic E-state index is 0.0386. The van der Waals surface area contributed by atoms with Crippen molar-refractivity contribution >= 4 is 23.3 Å². The predicted molar refractivity (Wildman–Crippen MR) is 72.8 cm³/mol. The summed E-state index contributed by atoms with van der Waals surface area (Å²) in [5, 5.41) is 10.7. The Labute approximate surface area is 121 Å². The third kappa shape index (κ3) is 2.26. The molecule has 0 N–H and O–H groups in total. The Morgan fingerprint density at radius 2 is 2.00 bits per heavy atom. The van der Waals surface area contributed by atoms with E-state index >= 15 is 0 Å². The molecule has 1 aromatic rings.